The number of hydrogen-bond donors (Lipinski definition) is 2. The van der Waals surface area contributed by atoms with Gasteiger partial charge < -0.3 is 10.6 Å². The molecule has 0 aliphatic heterocycles. The molecule has 2 rings (SSSR count). The van der Waals surface area contributed by atoms with Crippen molar-refractivity contribution in [1.29, 1.82) is 0 Å². The summed E-state index contributed by atoms with van der Waals surface area (Å²) in [6.07, 6.45) is 3.53. The van der Waals surface area contributed by atoms with Crippen molar-refractivity contribution < 1.29 is 9.18 Å². The molecular formula is C15H17FN4O. The van der Waals surface area contributed by atoms with Gasteiger partial charge in [-0.3, -0.25) is 4.79 Å². The first kappa shape index (κ1) is 14.9. The highest BCUT2D eigenvalue weighted by Crippen LogP contribution is 2.23. The highest BCUT2D eigenvalue weighted by atomic mass is 19.1. The summed E-state index contributed by atoms with van der Waals surface area (Å²) in [5, 5.41) is 5.78. The first-order valence-corrected chi connectivity index (χ1v) is 6.79. The lowest BCUT2D eigenvalue weighted by Crippen LogP contribution is -2.16. The van der Waals surface area contributed by atoms with Gasteiger partial charge in [-0.25, -0.2) is 14.4 Å². The summed E-state index contributed by atoms with van der Waals surface area (Å²) in [5.74, 6) is -0.667. The molecule has 110 valence electrons. The smallest absolute Gasteiger partial charge is 0.259 e. The van der Waals surface area contributed by atoms with E-state index in [0.717, 1.165) is 0 Å². The molecule has 2 aromatic rings. The minimum Gasteiger partial charge on any atom is -0.384 e. The van der Waals surface area contributed by atoms with Crippen molar-refractivity contribution in [3.8, 4) is 0 Å². The molecule has 2 N–H and O–H groups in total. The summed E-state index contributed by atoms with van der Waals surface area (Å²) in [5.41, 5.74) is 2.16. The number of benzene rings is 1. The van der Waals surface area contributed by atoms with Gasteiger partial charge in [-0.15, -0.1) is 0 Å². The second kappa shape index (κ2) is 6.78. The fourth-order valence-electron chi connectivity index (χ4n) is 1.98. The Morgan fingerprint density at radius 3 is 2.81 bits per heavy atom. The molecule has 1 aromatic heterocycles. The Morgan fingerprint density at radius 2 is 2.10 bits per heavy atom. The number of aromatic nitrogens is 2. The van der Waals surface area contributed by atoms with E-state index >= 15 is 0 Å². The van der Waals surface area contributed by atoms with Crippen LogP contribution in [0.4, 0.5) is 15.8 Å². The van der Waals surface area contributed by atoms with Gasteiger partial charge in [0.2, 0.25) is 0 Å². The van der Waals surface area contributed by atoms with Crippen molar-refractivity contribution in [1.82, 2.24) is 9.97 Å². The predicted molar refractivity (Wildman–Crippen MR) is 79.9 cm³/mol. The molecule has 0 saturated heterocycles. The third-order valence-electron chi connectivity index (χ3n) is 2.97. The molecule has 1 aromatic carbocycles. The number of nitrogens with zero attached hydrogens (tertiary/aromatic N) is 2. The molecule has 0 atom stereocenters. The summed E-state index contributed by atoms with van der Waals surface area (Å²) in [6, 6.07) is 4.18. The van der Waals surface area contributed by atoms with Crippen LogP contribution in [0.1, 0.15) is 29.9 Å². The fourth-order valence-corrected chi connectivity index (χ4v) is 1.98. The molecule has 1 amide bonds. The molecule has 0 fully saturated rings. The molecule has 0 saturated carbocycles. The van der Waals surface area contributed by atoms with Gasteiger partial charge in [0.05, 0.1) is 22.6 Å². The predicted octanol–water partition coefficient (Wildman–Crippen LogP) is 2.86. The number of hydrogen-bond acceptors (Lipinski definition) is 4. The van der Waals surface area contributed by atoms with E-state index in [9.17, 15) is 9.18 Å². The monoisotopic (exact) mass is 288 g/mol. The van der Waals surface area contributed by atoms with Crippen molar-refractivity contribution in [3.05, 3.63) is 47.8 Å². The SMILES string of the molecule is CCNc1cc(F)ccc1NC(=O)c1cncnc1CC. The summed E-state index contributed by atoms with van der Waals surface area (Å²) in [6.45, 7) is 4.44. The van der Waals surface area contributed by atoms with Crippen LogP contribution in [0.3, 0.4) is 0 Å². The van der Waals surface area contributed by atoms with E-state index in [1.54, 1.807) is 0 Å². The number of rotatable bonds is 5. The van der Waals surface area contributed by atoms with Crippen molar-refractivity contribution in [2.45, 2.75) is 20.3 Å². The fraction of sp³-hybridized carbons (Fsp3) is 0.267. The Hall–Kier alpha value is -2.50. The van der Waals surface area contributed by atoms with Gasteiger partial charge in [0.25, 0.3) is 5.91 Å². The number of amides is 1. The van der Waals surface area contributed by atoms with Gasteiger partial charge in [-0.1, -0.05) is 6.92 Å². The lowest BCUT2D eigenvalue weighted by atomic mass is 10.1. The number of nitrogens with one attached hydrogen (secondary N) is 2. The average Bonchev–Trinajstić information content (AvgIpc) is 2.50. The maximum Gasteiger partial charge on any atom is 0.259 e. The van der Waals surface area contributed by atoms with Gasteiger partial charge in [-0.05, 0) is 31.5 Å². The quantitative estimate of drug-likeness (QED) is 0.887. The second-order valence-electron chi connectivity index (χ2n) is 4.41. The number of aryl methyl sites for hydroxylation is 1. The number of carbonyl (C=O) groups excluding carboxylic acids is 1. The zero-order valence-corrected chi connectivity index (χ0v) is 12.0. The Kier molecular flexibility index (Phi) is 4.81. The zero-order valence-electron chi connectivity index (χ0n) is 12.0. The number of halogens is 1. The lowest BCUT2D eigenvalue weighted by molar-refractivity contribution is 0.102. The Labute approximate surface area is 122 Å². The van der Waals surface area contributed by atoms with E-state index in [-0.39, 0.29) is 11.7 Å². The minimum atomic E-state index is -0.360. The Morgan fingerprint density at radius 1 is 1.29 bits per heavy atom. The molecular weight excluding hydrogens is 271 g/mol. The maximum absolute atomic E-state index is 13.3. The highest BCUT2D eigenvalue weighted by Gasteiger charge is 2.14. The summed E-state index contributed by atoms with van der Waals surface area (Å²) < 4.78 is 13.3. The molecule has 0 spiro atoms. The van der Waals surface area contributed by atoms with E-state index < -0.39 is 0 Å². The van der Waals surface area contributed by atoms with Crippen LogP contribution >= 0.6 is 0 Å². The van der Waals surface area contributed by atoms with Crippen LogP contribution in [0.15, 0.2) is 30.7 Å². The zero-order chi connectivity index (χ0) is 15.2. The molecule has 1 heterocycles. The Balaban J connectivity index is 2.27. The number of carbonyl (C=O) groups is 1. The molecule has 0 aliphatic rings. The van der Waals surface area contributed by atoms with Gasteiger partial charge in [0, 0.05) is 12.7 Å². The largest absolute Gasteiger partial charge is 0.384 e. The van der Waals surface area contributed by atoms with Gasteiger partial charge >= 0.3 is 0 Å². The topological polar surface area (TPSA) is 66.9 Å². The Bertz CT molecular complexity index is 645. The summed E-state index contributed by atoms with van der Waals surface area (Å²) in [7, 11) is 0. The molecule has 5 nitrogen and oxygen atoms in total. The molecule has 0 radical (unpaired) electrons. The third kappa shape index (κ3) is 3.53. The second-order valence-corrected chi connectivity index (χ2v) is 4.41. The lowest BCUT2D eigenvalue weighted by Gasteiger charge is -2.13. The van der Waals surface area contributed by atoms with Gasteiger partial charge in [0.15, 0.2) is 0 Å². The van der Waals surface area contributed by atoms with E-state index in [1.165, 1.54) is 30.7 Å². The average molecular weight is 288 g/mol. The van der Waals surface area contributed by atoms with Crippen molar-refractivity contribution in [2.24, 2.45) is 0 Å². The van der Waals surface area contributed by atoms with Gasteiger partial charge in [-0.2, -0.15) is 0 Å². The van der Waals surface area contributed by atoms with E-state index in [0.29, 0.717) is 35.6 Å². The van der Waals surface area contributed by atoms with Crippen LogP contribution in [0, 0.1) is 5.82 Å². The molecule has 0 aliphatic carbocycles. The standard InChI is InChI=1S/C15H17FN4O/c1-3-12-11(8-17-9-19-12)15(21)20-13-6-5-10(16)7-14(13)18-4-2/h5-9,18H,3-4H2,1-2H3,(H,20,21). The van der Waals surface area contributed by atoms with Crippen LogP contribution in [-0.2, 0) is 6.42 Å². The van der Waals surface area contributed by atoms with Crippen LogP contribution < -0.4 is 10.6 Å². The molecule has 0 bridgehead atoms. The highest BCUT2D eigenvalue weighted by molar-refractivity contribution is 6.06. The summed E-state index contributed by atoms with van der Waals surface area (Å²) >= 11 is 0. The van der Waals surface area contributed by atoms with Crippen LogP contribution in [-0.4, -0.2) is 22.4 Å². The molecule has 0 unspecified atom stereocenters. The van der Waals surface area contributed by atoms with E-state index in [4.69, 9.17) is 0 Å². The normalized spacial score (nSPS) is 10.2. The maximum atomic E-state index is 13.3. The molecule has 21 heavy (non-hydrogen) atoms. The summed E-state index contributed by atoms with van der Waals surface area (Å²) in [4.78, 5) is 20.3. The molecule has 6 heteroatoms. The first-order valence-electron chi connectivity index (χ1n) is 6.79. The van der Waals surface area contributed by atoms with Crippen LogP contribution in [0.5, 0.6) is 0 Å². The first-order chi connectivity index (χ1) is 10.2. The van der Waals surface area contributed by atoms with Gasteiger partial charge in [0.1, 0.15) is 12.1 Å². The van der Waals surface area contributed by atoms with Crippen LogP contribution in [0.25, 0.3) is 0 Å². The number of anilines is 2. The van der Waals surface area contributed by atoms with E-state index in [2.05, 4.69) is 20.6 Å². The van der Waals surface area contributed by atoms with Crippen molar-refractivity contribution in [3.63, 3.8) is 0 Å². The van der Waals surface area contributed by atoms with E-state index in [1.807, 2.05) is 13.8 Å². The van der Waals surface area contributed by atoms with Crippen molar-refractivity contribution >= 4 is 17.3 Å². The van der Waals surface area contributed by atoms with Crippen LogP contribution in [0.2, 0.25) is 0 Å². The minimum absolute atomic E-state index is 0.307. The third-order valence-corrected chi connectivity index (χ3v) is 2.97. The van der Waals surface area contributed by atoms with Crippen molar-refractivity contribution in [2.75, 3.05) is 17.2 Å².